The molecule has 1 N–H and O–H groups in total. The number of nitrogens with one attached hydrogen (secondary N) is 1. The van der Waals surface area contributed by atoms with Gasteiger partial charge < -0.3 is 14.8 Å². The number of rotatable bonds is 2. The Morgan fingerprint density at radius 3 is 2.63 bits per heavy atom. The summed E-state index contributed by atoms with van der Waals surface area (Å²) in [6.07, 6.45) is 1.93. The molecule has 1 fully saturated rings. The van der Waals surface area contributed by atoms with Gasteiger partial charge in [-0.05, 0) is 25.0 Å². The van der Waals surface area contributed by atoms with Crippen LogP contribution in [0.1, 0.15) is 26.7 Å². The Morgan fingerprint density at radius 1 is 1.21 bits per heavy atom. The van der Waals surface area contributed by atoms with Crippen molar-refractivity contribution in [3.05, 3.63) is 18.2 Å². The zero-order chi connectivity index (χ0) is 13.5. The van der Waals surface area contributed by atoms with Gasteiger partial charge in [-0.3, -0.25) is 4.21 Å². The van der Waals surface area contributed by atoms with Gasteiger partial charge in [-0.2, -0.15) is 0 Å². The first-order chi connectivity index (χ1) is 9.02. The van der Waals surface area contributed by atoms with Gasteiger partial charge >= 0.3 is 0 Å². The molecule has 2 aliphatic rings. The summed E-state index contributed by atoms with van der Waals surface area (Å²) < 4.78 is 22.7. The molecule has 4 nitrogen and oxygen atoms in total. The molecule has 0 bridgehead atoms. The Labute approximate surface area is 115 Å². The average molecular weight is 281 g/mol. The molecule has 0 atom stereocenters. The predicted octanol–water partition coefficient (Wildman–Crippen LogP) is 2.52. The van der Waals surface area contributed by atoms with Crippen LogP contribution in [0.25, 0.3) is 0 Å². The molecule has 2 heterocycles. The molecule has 1 aromatic carbocycles. The van der Waals surface area contributed by atoms with E-state index in [-0.39, 0.29) is 0 Å². The molecule has 3 rings (SSSR count). The molecule has 1 saturated heterocycles. The summed E-state index contributed by atoms with van der Waals surface area (Å²) in [5, 5.41) is 3.49. The summed E-state index contributed by atoms with van der Waals surface area (Å²) >= 11 is 0. The first kappa shape index (κ1) is 12.8. The fraction of sp³-hybridized carbons (Fsp3) is 0.571. The lowest BCUT2D eigenvalue weighted by atomic mass is 10.1. The lowest BCUT2D eigenvalue weighted by Gasteiger charge is -2.23. The number of ether oxygens (including phenoxy) is 2. The van der Waals surface area contributed by atoms with Crippen molar-refractivity contribution in [2.24, 2.45) is 0 Å². The highest BCUT2D eigenvalue weighted by Crippen LogP contribution is 2.40. The molecule has 0 amide bonds. The normalized spacial score (nSPS) is 28.1. The summed E-state index contributed by atoms with van der Waals surface area (Å²) in [6, 6.07) is 6.34. The van der Waals surface area contributed by atoms with E-state index in [1.165, 1.54) is 0 Å². The third-order valence-electron chi connectivity index (χ3n) is 3.41. The molecule has 0 saturated carbocycles. The van der Waals surface area contributed by atoms with E-state index in [1.54, 1.807) is 0 Å². The number of benzene rings is 1. The van der Waals surface area contributed by atoms with E-state index < -0.39 is 16.6 Å². The van der Waals surface area contributed by atoms with E-state index in [4.69, 9.17) is 9.47 Å². The van der Waals surface area contributed by atoms with Crippen molar-refractivity contribution >= 4 is 16.5 Å². The number of fused-ring (bicyclic) bond motifs is 1. The SMILES string of the molecule is CC1(C)Oc2ccc(NC3CCS(=O)CC3)cc2O1. The van der Waals surface area contributed by atoms with Crippen LogP contribution in [0.3, 0.4) is 0 Å². The minimum atomic E-state index is -0.614. The Balaban J connectivity index is 1.69. The van der Waals surface area contributed by atoms with Crippen LogP contribution in [0.15, 0.2) is 18.2 Å². The lowest BCUT2D eigenvalue weighted by molar-refractivity contribution is -0.0431. The van der Waals surface area contributed by atoms with Crippen LogP contribution >= 0.6 is 0 Å². The van der Waals surface area contributed by atoms with Crippen molar-refractivity contribution in [2.75, 3.05) is 16.8 Å². The molecule has 19 heavy (non-hydrogen) atoms. The number of anilines is 1. The lowest BCUT2D eigenvalue weighted by Crippen LogP contribution is -2.29. The molecule has 2 aliphatic heterocycles. The number of hydrogen-bond donors (Lipinski definition) is 1. The second-order valence-electron chi connectivity index (χ2n) is 5.53. The second kappa shape index (κ2) is 4.71. The van der Waals surface area contributed by atoms with Crippen LogP contribution in [0.4, 0.5) is 5.69 Å². The van der Waals surface area contributed by atoms with E-state index in [0.29, 0.717) is 6.04 Å². The van der Waals surface area contributed by atoms with Crippen LogP contribution in [-0.2, 0) is 10.8 Å². The van der Waals surface area contributed by atoms with Gasteiger partial charge in [0.15, 0.2) is 11.5 Å². The summed E-state index contributed by atoms with van der Waals surface area (Å²) in [5.74, 6) is 2.60. The van der Waals surface area contributed by atoms with Crippen LogP contribution in [0.2, 0.25) is 0 Å². The highest BCUT2D eigenvalue weighted by molar-refractivity contribution is 7.85. The second-order valence-corrected chi connectivity index (χ2v) is 7.23. The Morgan fingerprint density at radius 2 is 1.89 bits per heavy atom. The maximum Gasteiger partial charge on any atom is 0.246 e. The molecular formula is C14H19NO3S. The molecule has 1 aromatic rings. The predicted molar refractivity (Wildman–Crippen MR) is 76.3 cm³/mol. The van der Waals surface area contributed by atoms with Gasteiger partial charge in [0.1, 0.15) is 0 Å². The first-order valence-electron chi connectivity index (χ1n) is 6.65. The summed E-state index contributed by atoms with van der Waals surface area (Å²) in [6.45, 7) is 3.80. The molecule has 0 aromatic heterocycles. The van der Waals surface area contributed by atoms with Gasteiger partial charge in [-0.25, -0.2) is 0 Å². The van der Waals surface area contributed by atoms with Crippen LogP contribution in [-0.4, -0.2) is 27.5 Å². The van der Waals surface area contributed by atoms with Crippen molar-refractivity contribution < 1.29 is 13.7 Å². The largest absolute Gasteiger partial charge is 0.449 e. The standard InChI is InChI=1S/C14H19NO3S/c1-14(2)17-12-4-3-11(9-13(12)18-14)15-10-5-7-19(16)8-6-10/h3-4,9-10,15H,5-8H2,1-2H3. The van der Waals surface area contributed by atoms with Crippen molar-refractivity contribution in [1.29, 1.82) is 0 Å². The minimum absolute atomic E-state index is 0.408. The van der Waals surface area contributed by atoms with E-state index in [0.717, 1.165) is 41.5 Å². The Kier molecular flexibility index (Phi) is 3.17. The summed E-state index contributed by atoms with van der Waals surface area (Å²) in [7, 11) is -0.614. The fourth-order valence-corrected chi connectivity index (χ4v) is 3.79. The highest BCUT2D eigenvalue weighted by atomic mass is 32.2. The minimum Gasteiger partial charge on any atom is -0.449 e. The monoisotopic (exact) mass is 281 g/mol. The van der Waals surface area contributed by atoms with Gasteiger partial charge in [0.2, 0.25) is 5.79 Å². The van der Waals surface area contributed by atoms with Gasteiger partial charge in [0.25, 0.3) is 0 Å². The number of hydrogen-bond acceptors (Lipinski definition) is 4. The van der Waals surface area contributed by atoms with Crippen LogP contribution in [0.5, 0.6) is 11.5 Å². The Hall–Kier alpha value is -1.23. The maximum absolute atomic E-state index is 11.3. The van der Waals surface area contributed by atoms with Gasteiger partial charge in [-0.1, -0.05) is 0 Å². The van der Waals surface area contributed by atoms with E-state index in [1.807, 2.05) is 32.0 Å². The Bertz CT molecular complexity index is 505. The molecule has 0 unspecified atom stereocenters. The summed E-state index contributed by atoms with van der Waals surface area (Å²) in [5.41, 5.74) is 1.04. The van der Waals surface area contributed by atoms with Gasteiger partial charge in [0.05, 0.1) is 0 Å². The van der Waals surface area contributed by atoms with Crippen molar-refractivity contribution in [2.45, 2.75) is 38.5 Å². The fourth-order valence-electron chi connectivity index (χ4n) is 2.49. The van der Waals surface area contributed by atoms with Crippen molar-refractivity contribution in [3.8, 4) is 11.5 Å². The third-order valence-corrected chi connectivity index (χ3v) is 4.80. The summed E-state index contributed by atoms with van der Waals surface area (Å²) in [4.78, 5) is 0. The highest BCUT2D eigenvalue weighted by Gasteiger charge is 2.31. The van der Waals surface area contributed by atoms with Crippen molar-refractivity contribution in [1.82, 2.24) is 0 Å². The van der Waals surface area contributed by atoms with Crippen LogP contribution < -0.4 is 14.8 Å². The third kappa shape index (κ3) is 2.86. The van der Waals surface area contributed by atoms with E-state index in [2.05, 4.69) is 5.32 Å². The zero-order valence-electron chi connectivity index (χ0n) is 11.3. The average Bonchev–Trinajstić information content (AvgIpc) is 2.65. The molecule has 0 aliphatic carbocycles. The molecular weight excluding hydrogens is 262 g/mol. The first-order valence-corrected chi connectivity index (χ1v) is 8.14. The van der Waals surface area contributed by atoms with E-state index >= 15 is 0 Å². The van der Waals surface area contributed by atoms with Gasteiger partial charge in [-0.15, -0.1) is 0 Å². The zero-order valence-corrected chi connectivity index (χ0v) is 12.1. The smallest absolute Gasteiger partial charge is 0.246 e. The quantitative estimate of drug-likeness (QED) is 0.905. The van der Waals surface area contributed by atoms with Crippen LogP contribution in [0, 0.1) is 0 Å². The molecule has 0 radical (unpaired) electrons. The molecule has 104 valence electrons. The van der Waals surface area contributed by atoms with Gasteiger partial charge in [0, 0.05) is 53.9 Å². The molecule has 5 heteroatoms. The van der Waals surface area contributed by atoms with E-state index in [9.17, 15) is 4.21 Å². The maximum atomic E-state index is 11.3. The molecule has 0 spiro atoms. The topological polar surface area (TPSA) is 47.6 Å². The van der Waals surface area contributed by atoms with Crippen molar-refractivity contribution in [3.63, 3.8) is 0 Å².